The van der Waals surface area contributed by atoms with Crippen molar-refractivity contribution in [3.05, 3.63) is 30.1 Å². The number of halogens is 1. The van der Waals surface area contributed by atoms with Crippen LogP contribution in [0.4, 0.5) is 4.79 Å². The molecule has 1 fully saturated rings. The zero-order valence-electron chi connectivity index (χ0n) is 19.4. The van der Waals surface area contributed by atoms with Crippen molar-refractivity contribution in [2.45, 2.75) is 46.1 Å². The van der Waals surface area contributed by atoms with Crippen molar-refractivity contribution in [2.75, 3.05) is 52.4 Å². The summed E-state index contributed by atoms with van der Waals surface area (Å²) in [6.45, 7) is 14.4. The van der Waals surface area contributed by atoms with Crippen molar-refractivity contribution in [2.24, 2.45) is 4.99 Å². The van der Waals surface area contributed by atoms with Crippen molar-refractivity contribution < 1.29 is 9.53 Å². The molecule has 0 saturated carbocycles. The Kier molecular flexibility index (Phi) is 12.8. The van der Waals surface area contributed by atoms with Crippen LogP contribution in [0.1, 0.15) is 39.8 Å². The molecule has 31 heavy (non-hydrogen) atoms. The smallest absolute Gasteiger partial charge is 0.410 e. The van der Waals surface area contributed by atoms with E-state index in [1.54, 1.807) is 4.90 Å². The third-order valence-electron chi connectivity index (χ3n) is 4.67. The number of pyridine rings is 1. The van der Waals surface area contributed by atoms with Crippen LogP contribution >= 0.6 is 24.0 Å². The van der Waals surface area contributed by atoms with E-state index in [1.807, 2.05) is 45.2 Å². The molecule has 0 aromatic carbocycles. The number of nitrogens with zero attached hydrogens (tertiary/aromatic N) is 4. The number of rotatable bonds is 8. The van der Waals surface area contributed by atoms with Gasteiger partial charge in [0.1, 0.15) is 5.60 Å². The van der Waals surface area contributed by atoms with Gasteiger partial charge in [-0.15, -0.1) is 24.0 Å². The van der Waals surface area contributed by atoms with E-state index in [9.17, 15) is 4.79 Å². The maximum Gasteiger partial charge on any atom is 0.410 e. The molecule has 1 aromatic heterocycles. The van der Waals surface area contributed by atoms with Crippen LogP contribution in [0.15, 0.2) is 29.4 Å². The molecule has 0 radical (unpaired) electrons. The van der Waals surface area contributed by atoms with E-state index in [2.05, 4.69) is 32.4 Å². The molecule has 0 unspecified atom stereocenters. The van der Waals surface area contributed by atoms with Gasteiger partial charge in [-0.3, -0.25) is 14.9 Å². The monoisotopic (exact) mass is 546 g/mol. The fourth-order valence-corrected chi connectivity index (χ4v) is 3.16. The molecular weight excluding hydrogens is 507 g/mol. The standard InChI is InChI=1S/C22H38N6O2.HI/c1-5-23-20(26-13-10-19-9-6-7-11-24-19)25-12-8-14-27-15-17-28(18-16-27)21(29)30-22(2,3)4;/h6-7,9,11H,5,8,10,12-18H2,1-4H3,(H2,23,25,26);1H. The molecule has 1 aliphatic rings. The molecule has 0 bridgehead atoms. The molecule has 0 aliphatic carbocycles. The molecule has 0 spiro atoms. The van der Waals surface area contributed by atoms with Gasteiger partial charge < -0.3 is 20.3 Å². The second-order valence-corrected chi connectivity index (χ2v) is 8.42. The van der Waals surface area contributed by atoms with Gasteiger partial charge in [0, 0.05) is 70.7 Å². The minimum absolute atomic E-state index is 0. The number of nitrogens with one attached hydrogen (secondary N) is 2. The quantitative estimate of drug-likeness (QED) is 0.226. The number of guanidine groups is 1. The fraction of sp³-hybridized carbons (Fsp3) is 0.682. The lowest BCUT2D eigenvalue weighted by Gasteiger charge is -2.35. The molecule has 9 heteroatoms. The summed E-state index contributed by atoms with van der Waals surface area (Å²) in [4.78, 5) is 25.4. The Morgan fingerprint density at radius 1 is 1.19 bits per heavy atom. The minimum atomic E-state index is -0.442. The molecule has 2 heterocycles. The Labute approximate surface area is 204 Å². The number of aliphatic imine (C=N–C) groups is 1. The molecule has 1 aliphatic heterocycles. The SMILES string of the molecule is CCNC(=NCCCN1CCN(C(=O)OC(C)(C)C)CC1)NCCc1ccccn1.I. The molecule has 8 nitrogen and oxygen atoms in total. The van der Waals surface area contributed by atoms with Crippen molar-refractivity contribution in [3.63, 3.8) is 0 Å². The summed E-state index contributed by atoms with van der Waals surface area (Å²) in [5, 5.41) is 6.66. The largest absolute Gasteiger partial charge is 0.444 e. The van der Waals surface area contributed by atoms with Gasteiger partial charge in [-0.1, -0.05) is 6.07 Å². The summed E-state index contributed by atoms with van der Waals surface area (Å²) in [6.07, 6.45) is 3.47. The number of amides is 1. The van der Waals surface area contributed by atoms with Gasteiger partial charge in [0.25, 0.3) is 0 Å². The first-order chi connectivity index (χ1) is 14.4. The normalized spacial score (nSPS) is 15.2. The van der Waals surface area contributed by atoms with Crippen LogP contribution in [-0.2, 0) is 11.2 Å². The molecule has 1 aromatic rings. The molecule has 0 atom stereocenters. The lowest BCUT2D eigenvalue weighted by molar-refractivity contribution is 0.0145. The van der Waals surface area contributed by atoms with E-state index in [4.69, 9.17) is 4.74 Å². The van der Waals surface area contributed by atoms with Crippen molar-refractivity contribution in [1.82, 2.24) is 25.4 Å². The van der Waals surface area contributed by atoms with Gasteiger partial charge in [0.05, 0.1) is 0 Å². The van der Waals surface area contributed by atoms with Gasteiger partial charge in [-0.25, -0.2) is 4.79 Å². The van der Waals surface area contributed by atoms with Crippen LogP contribution < -0.4 is 10.6 Å². The number of carbonyl (C=O) groups excluding carboxylic acids is 1. The summed E-state index contributed by atoms with van der Waals surface area (Å²) in [6, 6.07) is 5.98. The van der Waals surface area contributed by atoms with E-state index in [0.29, 0.717) is 0 Å². The molecule has 1 amide bonds. The zero-order valence-corrected chi connectivity index (χ0v) is 21.7. The van der Waals surface area contributed by atoms with E-state index < -0.39 is 5.60 Å². The van der Waals surface area contributed by atoms with Crippen LogP contribution in [0.3, 0.4) is 0 Å². The average Bonchev–Trinajstić information content (AvgIpc) is 2.71. The van der Waals surface area contributed by atoms with Gasteiger partial charge in [0.15, 0.2) is 5.96 Å². The highest BCUT2D eigenvalue weighted by molar-refractivity contribution is 14.0. The Morgan fingerprint density at radius 3 is 2.55 bits per heavy atom. The molecule has 2 rings (SSSR count). The second kappa shape index (κ2) is 14.4. The van der Waals surface area contributed by atoms with Crippen LogP contribution in [0.2, 0.25) is 0 Å². The fourth-order valence-electron chi connectivity index (χ4n) is 3.16. The van der Waals surface area contributed by atoms with E-state index in [1.165, 1.54) is 0 Å². The van der Waals surface area contributed by atoms with Crippen molar-refractivity contribution in [1.29, 1.82) is 0 Å². The van der Waals surface area contributed by atoms with Crippen LogP contribution in [0.25, 0.3) is 0 Å². The summed E-state index contributed by atoms with van der Waals surface area (Å²) in [5.41, 5.74) is 0.633. The summed E-state index contributed by atoms with van der Waals surface area (Å²) in [5.74, 6) is 0.850. The van der Waals surface area contributed by atoms with Gasteiger partial charge in [-0.05, 0) is 46.2 Å². The molecule has 176 valence electrons. The maximum atomic E-state index is 12.1. The number of ether oxygens (including phenoxy) is 1. The van der Waals surface area contributed by atoms with E-state index in [0.717, 1.165) is 76.9 Å². The number of piperazine rings is 1. The van der Waals surface area contributed by atoms with Crippen molar-refractivity contribution in [3.8, 4) is 0 Å². The van der Waals surface area contributed by atoms with Crippen molar-refractivity contribution >= 4 is 36.0 Å². The number of hydrogen-bond donors (Lipinski definition) is 2. The number of carbonyl (C=O) groups is 1. The first kappa shape index (κ1) is 27.4. The Bertz CT molecular complexity index is 658. The second-order valence-electron chi connectivity index (χ2n) is 8.42. The first-order valence-electron chi connectivity index (χ1n) is 11.0. The Balaban J connectivity index is 0.00000480. The summed E-state index contributed by atoms with van der Waals surface area (Å²) < 4.78 is 5.45. The van der Waals surface area contributed by atoms with E-state index >= 15 is 0 Å². The Morgan fingerprint density at radius 2 is 1.94 bits per heavy atom. The van der Waals surface area contributed by atoms with E-state index in [-0.39, 0.29) is 30.1 Å². The van der Waals surface area contributed by atoms with Crippen LogP contribution in [0, 0.1) is 0 Å². The average molecular weight is 546 g/mol. The minimum Gasteiger partial charge on any atom is -0.444 e. The molecule has 1 saturated heterocycles. The predicted octanol–water partition coefficient (Wildman–Crippen LogP) is 2.74. The van der Waals surface area contributed by atoms with Gasteiger partial charge >= 0.3 is 6.09 Å². The first-order valence-corrected chi connectivity index (χ1v) is 11.0. The lowest BCUT2D eigenvalue weighted by atomic mass is 10.2. The molecule has 2 N–H and O–H groups in total. The zero-order chi connectivity index (χ0) is 21.8. The molecular formula is C22H39IN6O2. The third-order valence-corrected chi connectivity index (χ3v) is 4.67. The van der Waals surface area contributed by atoms with Crippen LogP contribution in [0.5, 0.6) is 0 Å². The summed E-state index contributed by atoms with van der Waals surface area (Å²) in [7, 11) is 0. The van der Waals surface area contributed by atoms with Gasteiger partial charge in [0.2, 0.25) is 0 Å². The lowest BCUT2D eigenvalue weighted by Crippen LogP contribution is -2.50. The third kappa shape index (κ3) is 11.5. The highest BCUT2D eigenvalue weighted by Crippen LogP contribution is 2.12. The predicted molar refractivity (Wildman–Crippen MR) is 136 cm³/mol. The number of hydrogen-bond acceptors (Lipinski definition) is 5. The van der Waals surface area contributed by atoms with Gasteiger partial charge in [-0.2, -0.15) is 0 Å². The highest BCUT2D eigenvalue weighted by atomic mass is 127. The summed E-state index contributed by atoms with van der Waals surface area (Å²) >= 11 is 0. The highest BCUT2D eigenvalue weighted by Gasteiger charge is 2.25. The maximum absolute atomic E-state index is 12.1. The number of aromatic nitrogens is 1. The Hall–Kier alpha value is -1.62. The topological polar surface area (TPSA) is 82.1 Å². The van der Waals surface area contributed by atoms with Crippen LogP contribution in [-0.4, -0.2) is 84.8 Å².